The van der Waals surface area contributed by atoms with E-state index >= 15 is 0 Å². The van der Waals surface area contributed by atoms with Crippen LogP contribution in [0.1, 0.15) is 34.1 Å². The molecule has 2 aromatic carbocycles. The molecule has 3 aromatic rings. The number of methoxy groups -OCH3 is 1. The molecule has 0 bridgehead atoms. The van der Waals surface area contributed by atoms with Gasteiger partial charge >= 0.3 is 0 Å². The number of thiophene rings is 1. The molecule has 1 fully saturated rings. The third-order valence-electron chi connectivity index (χ3n) is 6.11. The van der Waals surface area contributed by atoms with Crippen LogP contribution in [0, 0.1) is 0 Å². The summed E-state index contributed by atoms with van der Waals surface area (Å²) in [5.41, 5.74) is 0.860. The number of ether oxygens (including phenoxy) is 1. The second-order valence-corrected chi connectivity index (χ2v) is 11.1. The molecule has 0 spiro atoms. The molecule has 0 saturated carbocycles. The van der Waals surface area contributed by atoms with Crippen LogP contribution in [0.4, 0.5) is 5.69 Å². The smallest absolute Gasteiger partial charge is 0.264 e. The quantitative estimate of drug-likeness (QED) is 0.479. The number of rotatable bonds is 9. The first-order valence-electron chi connectivity index (χ1n) is 11.2. The second kappa shape index (κ2) is 10.6. The number of hydrogen-bond acceptors (Lipinski definition) is 6. The molecule has 1 N–H and O–H groups in total. The minimum Gasteiger partial charge on any atom is -0.495 e. The van der Waals surface area contributed by atoms with Crippen molar-refractivity contribution in [1.29, 1.82) is 0 Å². The summed E-state index contributed by atoms with van der Waals surface area (Å²) in [6.45, 7) is 2.57. The number of carbonyl (C=O) groups is 1. The van der Waals surface area contributed by atoms with Gasteiger partial charge < -0.3 is 10.1 Å². The summed E-state index contributed by atoms with van der Waals surface area (Å²) in [5, 5.41) is 5.09. The van der Waals surface area contributed by atoms with E-state index in [-0.39, 0.29) is 16.8 Å². The zero-order chi connectivity index (χ0) is 24.1. The summed E-state index contributed by atoms with van der Waals surface area (Å²) in [6.07, 6.45) is 2.35. The van der Waals surface area contributed by atoms with E-state index in [1.54, 1.807) is 47.7 Å². The first-order valence-corrected chi connectivity index (χ1v) is 13.5. The van der Waals surface area contributed by atoms with Crippen LogP contribution in [0.15, 0.2) is 70.9 Å². The van der Waals surface area contributed by atoms with Crippen molar-refractivity contribution in [3.8, 4) is 5.75 Å². The fraction of sp³-hybridized carbons (Fsp3) is 0.320. The van der Waals surface area contributed by atoms with Crippen molar-refractivity contribution in [3.05, 3.63) is 76.5 Å². The molecule has 4 rings (SSSR count). The van der Waals surface area contributed by atoms with Gasteiger partial charge in [-0.25, -0.2) is 8.42 Å². The average Bonchev–Trinajstić information content (AvgIpc) is 3.59. The second-order valence-electron chi connectivity index (χ2n) is 8.15. The molecular weight excluding hydrogens is 470 g/mol. The van der Waals surface area contributed by atoms with Crippen LogP contribution >= 0.6 is 11.3 Å². The van der Waals surface area contributed by atoms with E-state index in [0.717, 1.165) is 13.1 Å². The number of amides is 1. The maximum atomic E-state index is 13.1. The molecule has 1 aliphatic heterocycles. The molecule has 34 heavy (non-hydrogen) atoms. The van der Waals surface area contributed by atoms with Crippen LogP contribution in [0.5, 0.6) is 5.75 Å². The summed E-state index contributed by atoms with van der Waals surface area (Å²) < 4.78 is 32.8. The van der Waals surface area contributed by atoms with Crippen molar-refractivity contribution in [2.24, 2.45) is 0 Å². The predicted molar refractivity (Wildman–Crippen MR) is 135 cm³/mol. The predicted octanol–water partition coefficient (Wildman–Crippen LogP) is 4.15. The highest BCUT2D eigenvalue weighted by molar-refractivity contribution is 7.92. The van der Waals surface area contributed by atoms with Gasteiger partial charge in [-0.05, 0) is 73.8 Å². The number of anilines is 1. The number of para-hydroxylation sites is 2. The lowest BCUT2D eigenvalue weighted by Gasteiger charge is -2.27. The number of nitrogens with one attached hydrogen (secondary N) is 1. The van der Waals surface area contributed by atoms with Gasteiger partial charge in [0.15, 0.2) is 0 Å². The zero-order valence-electron chi connectivity index (χ0n) is 19.3. The fourth-order valence-corrected chi connectivity index (χ4v) is 6.26. The lowest BCUT2D eigenvalue weighted by Crippen LogP contribution is -2.36. The largest absolute Gasteiger partial charge is 0.495 e. The molecule has 1 saturated heterocycles. The van der Waals surface area contributed by atoms with Crippen molar-refractivity contribution < 1.29 is 17.9 Å². The Hall–Kier alpha value is -2.88. The minimum absolute atomic E-state index is 0.103. The van der Waals surface area contributed by atoms with Gasteiger partial charge in [-0.15, -0.1) is 11.3 Å². The topological polar surface area (TPSA) is 78.9 Å². The molecule has 1 atom stereocenters. The van der Waals surface area contributed by atoms with Gasteiger partial charge in [0.1, 0.15) is 5.75 Å². The number of hydrogen-bond donors (Lipinski definition) is 1. The summed E-state index contributed by atoms with van der Waals surface area (Å²) in [6, 6.07) is 17.3. The number of benzene rings is 2. The van der Waals surface area contributed by atoms with Gasteiger partial charge in [-0.3, -0.25) is 14.0 Å². The Bertz CT molecular complexity index is 1210. The molecule has 1 aliphatic rings. The van der Waals surface area contributed by atoms with Crippen LogP contribution in [0.25, 0.3) is 0 Å². The van der Waals surface area contributed by atoms with Gasteiger partial charge in [-0.2, -0.15) is 0 Å². The van der Waals surface area contributed by atoms with E-state index in [2.05, 4.69) is 21.7 Å². The van der Waals surface area contributed by atoms with Crippen LogP contribution < -0.4 is 14.4 Å². The van der Waals surface area contributed by atoms with E-state index in [0.29, 0.717) is 23.5 Å². The average molecular weight is 500 g/mol. The van der Waals surface area contributed by atoms with E-state index in [4.69, 9.17) is 4.74 Å². The number of sulfonamides is 1. The molecule has 180 valence electrons. The normalized spacial score (nSPS) is 15.1. The molecule has 1 aromatic heterocycles. The molecule has 0 unspecified atom stereocenters. The van der Waals surface area contributed by atoms with Gasteiger partial charge in [0, 0.05) is 24.0 Å². The summed E-state index contributed by atoms with van der Waals surface area (Å²) in [7, 11) is -0.835. The van der Waals surface area contributed by atoms with E-state index in [1.807, 2.05) is 6.07 Å². The highest BCUT2D eigenvalue weighted by atomic mass is 32.2. The molecule has 0 radical (unpaired) electrons. The summed E-state index contributed by atoms with van der Waals surface area (Å²) in [5.74, 6) is 0.241. The molecule has 0 aliphatic carbocycles. The first kappa shape index (κ1) is 24.3. The van der Waals surface area contributed by atoms with E-state index in [1.165, 1.54) is 48.3 Å². The third-order valence-corrected chi connectivity index (χ3v) is 8.87. The molecule has 7 nitrogen and oxygen atoms in total. The van der Waals surface area contributed by atoms with Crippen LogP contribution in [-0.2, 0) is 10.0 Å². The van der Waals surface area contributed by atoms with Crippen molar-refractivity contribution >= 4 is 33.0 Å². The number of nitrogens with zero attached hydrogens (tertiary/aromatic N) is 2. The monoisotopic (exact) mass is 499 g/mol. The van der Waals surface area contributed by atoms with Gasteiger partial charge in [0.2, 0.25) is 0 Å². The fourth-order valence-electron chi connectivity index (χ4n) is 4.19. The molecule has 1 amide bonds. The lowest BCUT2D eigenvalue weighted by atomic mass is 10.2. The molecule has 9 heteroatoms. The van der Waals surface area contributed by atoms with Gasteiger partial charge in [-0.1, -0.05) is 18.2 Å². The first-order chi connectivity index (χ1) is 16.4. The Labute approximate surface area is 205 Å². The van der Waals surface area contributed by atoms with Crippen LogP contribution in [0.2, 0.25) is 0 Å². The van der Waals surface area contributed by atoms with Crippen molar-refractivity contribution in [2.45, 2.75) is 23.8 Å². The van der Waals surface area contributed by atoms with Crippen molar-refractivity contribution in [2.75, 3.05) is 38.1 Å². The zero-order valence-corrected chi connectivity index (χ0v) is 20.9. The Morgan fingerprint density at radius 2 is 1.79 bits per heavy atom. The Morgan fingerprint density at radius 3 is 2.44 bits per heavy atom. The maximum Gasteiger partial charge on any atom is 0.264 e. The molecule has 2 heterocycles. The van der Waals surface area contributed by atoms with Gasteiger partial charge in [0.25, 0.3) is 15.9 Å². The summed E-state index contributed by atoms with van der Waals surface area (Å²) in [4.78, 5) is 16.6. The van der Waals surface area contributed by atoms with Crippen LogP contribution in [-0.4, -0.2) is 53.0 Å². The van der Waals surface area contributed by atoms with Crippen LogP contribution in [0.3, 0.4) is 0 Å². The Morgan fingerprint density at radius 1 is 1.09 bits per heavy atom. The van der Waals surface area contributed by atoms with Crippen molar-refractivity contribution in [1.82, 2.24) is 10.2 Å². The lowest BCUT2D eigenvalue weighted by molar-refractivity contribution is 0.0938. The Kier molecular flexibility index (Phi) is 7.55. The SMILES string of the molecule is COc1ccccc1N(C)S(=O)(=O)c1ccc(C(=O)NC[C@@H](c2cccs2)N2CCCC2)cc1. The standard InChI is InChI=1S/C25H29N3O4S2/c1-27(21-8-3-4-9-23(21)32-2)34(30,31)20-13-11-19(12-14-20)25(29)26-18-22(24-10-7-17-33-24)28-15-5-6-16-28/h3-4,7-14,17,22H,5-6,15-16,18H2,1-2H3,(H,26,29)/t22-/m0/s1. The summed E-state index contributed by atoms with van der Waals surface area (Å²) >= 11 is 1.70. The third kappa shape index (κ3) is 5.11. The van der Waals surface area contributed by atoms with E-state index in [9.17, 15) is 13.2 Å². The highest BCUT2D eigenvalue weighted by Gasteiger charge is 2.26. The van der Waals surface area contributed by atoms with Gasteiger partial charge in [0.05, 0.1) is 23.7 Å². The molecular formula is C25H29N3O4S2. The Balaban J connectivity index is 1.45. The van der Waals surface area contributed by atoms with E-state index < -0.39 is 10.0 Å². The maximum absolute atomic E-state index is 13.1. The number of likely N-dealkylation sites (tertiary alicyclic amines) is 1. The van der Waals surface area contributed by atoms with Crippen molar-refractivity contribution in [3.63, 3.8) is 0 Å². The minimum atomic E-state index is -3.82. The highest BCUT2D eigenvalue weighted by Crippen LogP contribution is 2.31. The number of carbonyl (C=O) groups excluding carboxylic acids is 1.